The van der Waals surface area contributed by atoms with Crippen molar-refractivity contribution in [2.45, 2.75) is 10.9 Å². The Bertz CT molecular complexity index is 253. The fraction of sp³-hybridized carbons (Fsp3) is 0.250. The maximum absolute atomic E-state index is 12.7. The van der Waals surface area contributed by atoms with Crippen LogP contribution in [0.5, 0.6) is 0 Å². The minimum absolute atomic E-state index is 0.0978. The summed E-state index contributed by atoms with van der Waals surface area (Å²) < 4.78 is 22.7. The maximum Gasteiger partial charge on any atom is 0.321 e. The standard InChI is InChI=1S/C8H7F2I/c1-6-4-2-3-5-7(6)8(9,10)11/h2-5H,1H3. The SMILES string of the molecule is Cc1ccccc1C(F)(F)I. The Morgan fingerprint density at radius 2 is 1.82 bits per heavy atom. The van der Waals surface area contributed by atoms with Crippen molar-refractivity contribution in [2.75, 3.05) is 0 Å². The van der Waals surface area contributed by atoms with E-state index in [1.807, 2.05) is 0 Å². The van der Waals surface area contributed by atoms with Crippen molar-refractivity contribution in [3.8, 4) is 0 Å². The highest BCUT2D eigenvalue weighted by atomic mass is 127. The molecule has 60 valence electrons. The first kappa shape index (κ1) is 8.90. The van der Waals surface area contributed by atoms with Crippen molar-refractivity contribution in [1.82, 2.24) is 0 Å². The number of hydrogen-bond donors (Lipinski definition) is 0. The summed E-state index contributed by atoms with van der Waals surface area (Å²) in [6.07, 6.45) is 0. The summed E-state index contributed by atoms with van der Waals surface area (Å²) in [5, 5.41) is 0. The Morgan fingerprint density at radius 3 is 2.18 bits per heavy atom. The molecule has 0 spiro atoms. The molecule has 0 aliphatic heterocycles. The van der Waals surface area contributed by atoms with E-state index in [1.54, 1.807) is 25.1 Å². The third-order valence-electron chi connectivity index (χ3n) is 1.45. The highest BCUT2D eigenvalue weighted by Crippen LogP contribution is 2.36. The van der Waals surface area contributed by atoms with E-state index in [4.69, 9.17) is 0 Å². The van der Waals surface area contributed by atoms with Crippen LogP contribution in [-0.2, 0) is 3.93 Å². The largest absolute Gasteiger partial charge is 0.321 e. The monoisotopic (exact) mass is 268 g/mol. The third-order valence-corrected chi connectivity index (χ3v) is 2.03. The molecule has 0 fully saturated rings. The van der Waals surface area contributed by atoms with Crippen LogP contribution in [0.15, 0.2) is 24.3 Å². The zero-order valence-electron chi connectivity index (χ0n) is 5.94. The van der Waals surface area contributed by atoms with Crippen LogP contribution in [0.25, 0.3) is 0 Å². The first-order valence-electron chi connectivity index (χ1n) is 3.14. The van der Waals surface area contributed by atoms with Gasteiger partial charge in [-0.15, -0.1) is 0 Å². The molecule has 0 saturated heterocycles. The number of benzene rings is 1. The van der Waals surface area contributed by atoms with Crippen molar-refractivity contribution >= 4 is 22.6 Å². The molecule has 0 saturated carbocycles. The fourth-order valence-electron chi connectivity index (χ4n) is 0.891. The molecule has 0 atom stereocenters. The average Bonchev–Trinajstić information content (AvgIpc) is 1.86. The molecule has 0 nitrogen and oxygen atoms in total. The number of aryl methyl sites for hydroxylation is 1. The molecule has 0 amide bonds. The second-order valence-electron chi connectivity index (χ2n) is 2.31. The lowest BCUT2D eigenvalue weighted by molar-refractivity contribution is 0.127. The third kappa shape index (κ3) is 2.12. The molecule has 0 aliphatic rings. The van der Waals surface area contributed by atoms with Crippen molar-refractivity contribution in [3.63, 3.8) is 0 Å². The molecule has 0 heterocycles. The molecular formula is C8H7F2I. The zero-order chi connectivity index (χ0) is 8.48. The van der Waals surface area contributed by atoms with Gasteiger partial charge in [-0.2, -0.15) is 8.78 Å². The van der Waals surface area contributed by atoms with Crippen LogP contribution in [0.2, 0.25) is 0 Å². The molecule has 0 radical (unpaired) electrons. The second-order valence-corrected chi connectivity index (χ2v) is 3.67. The molecule has 1 aromatic rings. The molecule has 0 unspecified atom stereocenters. The minimum atomic E-state index is -2.75. The first-order chi connectivity index (χ1) is 5.02. The van der Waals surface area contributed by atoms with Crippen molar-refractivity contribution in [1.29, 1.82) is 0 Å². The highest BCUT2D eigenvalue weighted by Gasteiger charge is 2.27. The smallest absolute Gasteiger partial charge is 0.189 e. The molecule has 11 heavy (non-hydrogen) atoms. The molecule has 0 N–H and O–H groups in total. The number of alkyl halides is 3. The van der Waals surface area contributed by atoms with Gasteiger partial charge in [-0.25, -0.2) is 0 Å². The molecule has 1 rings (SSSR count). The molecule has 3 heteroatoms. The van der Waals surface area contributed by atoms with E-state index in [9.17, 15) is 8.78 Å². The normalized spacial score (nSPS) is 11.6. The van der Waals surface area contributed by atoms with E-state index in [0.29, 0.717) is 5.56 Å². The number of rotatable bonds is 1. The van der Waals surface area contributed by atoms with E-state index in [0.717, 1.165) is 22.6 Å². The number of halogens is 3. The Kier molecular flexibility index (Phi) is 2.47. The van der Waals surface area contributed by atoms with Gasteiger partial charge in [0.1, 0.15) is 0 Å². The molecule has 0 aliphatic carbocycles. The van der Waals surface area contributed by atoms with Crippen LogP contribution in [0, 0.1) is 6.92 Å². The van der Waals surface area contributed by atoms with Crippen molar-refractivity contribution in [2.24, 2.45) is 0 Å². The average molecular weight is 268 g/mol. The summed E-state index contributed by atoms with van der Waals surface area (Å²) in [5.41, 5.74) is 0.729. The molecular weight excluding hydrogens is 261 g/mol. The van der Waals surface area contributed by atoms with Gasteiger partial charge in [-0.05, 0) is 12.5 Å². The Morgan fingerprint density at radius 1 is 1.27 bits per heavy atom. The van der Waals surface area contributed by atoms with Gasteiger partial charge in [0.25, 0.3) is 0 Å². The van der Waals surface area contributed by atoms with E-state index in [-0.39, 0.29) is 5.56 Å². The lowest BCUT2D eigenvalue weighted by Gasteiger charge is -2.10. The van der Waals surface area contributed by atoms with Gasteiger partial charge in [0.05, 0.1) is 0 Å². The van der Waals surface area contributed by atoms with E-state index in [1.165, 1.54) is 6.07 Å². The van der Waals surface area contributed by atoms with E-state index in [2.05, 4.69) is 0 Å². The first-order valence-corrected chi connectivity index (χ1v) is 4.22. The van der Waals surface area contributed by atoms with Gasteiger partial charge in [0, 0.05) is 28.2 Å². The van der Waals surface area contributed by atoms with Crippen molar-refractivity contribution < 1.29 is 8.78 Å². The predicted molar refractivity (Wildman–Crippen MR) is 49.1 cm³/mol. The minimum Gasteiger partial charge on any atom is -0.189 e. The Labute approximate surface area is 77.8 Å². The maximum atomic E-state index is 12.7. The van der Waals surface area contributed by atoms with Crippen LogP contribution >= 0.6 is 22.6 Å². The van der Waals surface area contributed by atoms with Crippen LogP contribution in [0.4, 0.5) is 8.78 Å². The van der Waals surface area contributed by atoms with Gasteiger partial charge in [-0.3, -0.25) is 0 Å². The zero-order valence-corrected chi connectivity index (χ0v) is 8.10. The van der Waals surface area contributed by atoms with E-state index >= 15 is 0 Å². The highest BCUT2D eigenvalue weighted by molar-refractivity contribution is 14.1. The Balaban J connectivity index is 3.14. The lowest BCUT2D eigenvalue weighted by atomic mass is 10.1. The quantitative estimate of drug-likeness (QED) is 0.540. The van der Waals surface area contributed by atoms with Crippen LogP contribution < -0.4 is 0 Å². The van der Waals surface area contributed by atoms with Crippen LogP contribution in [0.1, 0.15) is 11.1 Å². The van der Waals surface area contributed by atoms with Gasteiger partial charge in [0.2, 0.25) is 0 Å². The summed E-state index contributed by atoms with van der Waals surface area (Å²) >= 11 is 1.13. The van der Waals surface area contributed by atoms with Gasteiger partial charge in [0.15, 0.2) is 0 Å². The summed E-state index contributed by atoms with van der Waals surface area (Å²) in [6.45, 7) is 1.68. The van der Waals surface area contributed by atoms with Gasteiger partial charge in [-0.1, -0.05) is 24.3 Å². The lowest BCUT2D eigenvalue weighted by Crippen LogP contribution is -2.03. The number of hydrogen-bond acceptors (Lipinski definition) is 0. The summed E-state index contributed by atoms with van der Waals surface area (Å²) in [6, 6.07) is 6.50. The van der Waals surface area contributed by atoms with Crippen LogP contribution in [0.3, 0.4) is 0 Å². The molecule has 0 aromatic heterocycles. The van der Waals surface area contributed by atoms with Crippen LogP contribution in [-0.4, -0.2) is 0 Å². The topological polar surface area (TPSA) is 0 Å². The molecule has 0 bridgehead atoms. The van der Waals surface area contributed by atoms with Crippen molar-refractivity contribution in [3.05, 3.63) is 35.4 Å². The molecule has 1 aromatic carbocycles. The summed E-state index contributed by atoms with van der Waals surface area (Å²) in [5.74, 6) is 0. The fourth-order valence-corrected chi connectivity index (χ4v) is 1.50. The van der Waals surface area contributed by atoms with Gasteiger partial charge >= 0.3 is 3.93 Å². The predicted octanol–water partition coefficient (Wildman–Crippen LogP) is 3.48. The van der Waals surface area contributed by atoms with Gasteiger partial charge < -0.3 is 0 Å². The summed E-state index contributed by atoms with van der Waals surface area (Å²) in [7, 11) is 0. The Hall–Kier alpha value is -0.190. The second kappa shape index (κ2) is 3.05. The van der Waals surface area contributed by atoms with E-state index < -0.39 is 3.93 Å². The summed E-state index contributed by atoms with van der Waals surface area (Å²) in [4.78, 5) is 0.